The number of nitrogens with two attached hydrogens (primary N) is 1. The zero-order valence-corrected chi connectivity index (χ0v) is 12.0. The number of hydrogen-bond donors (Lipinski definition) is 2. The Bertz CT molecular complexity index is 490. The fourth-order valence-electron chi connectivity index (χ4n) is 2.34. The summed E-state index contributed by atoms with van der Waals surface area (Å²) in [4.78, 5) is 14.8. The number of rotatable bonds is 3. The van der Waals surface area contributed by atoms with Crippen LogP contribution in [-0.2, 0) is 0 Å². The van der Waals surface area contributed by atoms with Crippen molar-refractivity contribution in [2.24, 2.45) is 5.73 Å². The molecule has 0 unspecified atom stereocenters. The number of carbonyl (C=O) groups is 1. The third kappa shape index (κ3) is 2.79. The molecule has 0 aromatic carbocycles. The van der Waals surface area contributed by atoms with Gasteiger partial charge in [-0.3, -0.25) is 4.79 Å². The summed E-state index contributed by atoms with van der Waals surface area (Å²) in [6.45, 7) is 3.49. The molecule has 0 radical (unpaired) electrons. The van der Waals surface area contributed by atoms with Crippen molar-refractivity contribution in [2.75, 3.05) is 20.1 Å². The Morgan fingerprint density at radius 3 is 2.63 bits per heavy atom. The molecule has 19 heavy (non-hydrogen) atoms. The van der Waals surface area contributed by atoms with Crippen molar-refractivity contribution in [1.82, 2.24) is 10.2 Å². The van der Waals surface area contributed by atoms with Gasteiger partial charge in [0, 0.05) is 13.1 Å². The van der Waals surface area contributed by atoms with E-state index in [0.29, 0.717) is 16.3 Å². The van der Waals surface area contributed by atoms with Crippen molar-refractivity contribution in [3.8, 4) is 0 Å². The predicted molar refractivity (Wildman–Crippen MR) is 77.2 cm³/mol. The number of thiocarbonyl (C=S) groups is 1. The van der Waals surface area contributed by atoms with Crippen molar-refractivity contribution >= 4 is 23.1 Å². The zero-order valence-electron chi connectivity index (χ0n) is 11.2. The molecule has 1 aliphatic heterocycles. The number of nitrogens with one attached hydrogen (secondary N) is 1. The predicted octanol–water partition coefficient (Wildman–Crippen LogP) is 1.07. The number of amides is 1. The van der Waals surface area contributed by atoms with E-state index in [2.05, 4.69) is 10.2 Å². The molecule has 1 amide bonds. The first kappa shape index (κ1) is 14.0. The topological polar surface area (TPSA) is 71.5 Å². The lowest BCUT2D eigenvalue weighted by Crippen LogP contribution is -2.61. The Balaban J connectivity index is 2.16. The van der Waals surface area contributed by atoms with Crippen LogP contribution < -0.4 is 11.1 Å². The van der Waals surface area contributed by atoms with Crippen LogP contribution in [0.3, 0.4) is 0 Å². The van der Waals surface area contributed by atoms with Crippen LogP contribution in [-0.4, -0.2) is 41.5 Å². The molecule has 0 atom stereocenters. The van der Waals surface area contributed by atoms with Crippen LogP contribution in [0.4, 0.5) is 0 Å². The standard InChI is InChI=1S/C13H19N3O2S/c1-9-10(3-8-18-9)11(17)15-13(12(14)19)4-6-16(2)7-5-13/h3,8H,4-7H2,1-2H3,(H2,14,19)(H,15,17). The fourth-order valence-corrected chi connectivity index (χ4v) is 2.59. The van der Waals surface area contributed by atoms with E-state index in [-0.39, 0.29) is 5.91 Å². The van der Waals surface area contributed by atoms with Gasteiger partial charge in [-0.2, -0.15) is 0 Å². The third-order valence-electron chi connectivity index (χ3n) is 3.77. The molecule has 2 rings (SSSR count). The molecule has 1 fully saturated rings. The Morgan fingerprint density at radius 2 is 2.16 bits per heavy atom. The first-order valence-electron chi connectivity index (χ1n) is 6.30. The molecule has 0 saturated carbocycles. The molecular weight excluding hydrogens is 262 g/mol. The van der Waals surface area contributed by atoms with Crippen molar-refractivity contribution < 1.29 is 9.21 Å². The van der Waals surface area contributed by atoms with Gasteiger partial charge in [-0.1, -0.05) is 12.2 Å². The summed E-state index contributed by atoms with van der Waals surface area (Å²) >= 11 is 5.17. The first-order valence-corrected chi connectivity index (χ1v) is 6.70. The van der Waals surface area contributed by atoms with Gasteiger partial charge in [-0.15, -0.1) is 0 Å². The number of aryl methyl sites for hydroxylation is 1. The lowest BCUT2D eigenvalue weighted by atomic mass is 9.87. The fraction of sp³-hybridized carbons (Fsp3) is 0.538. The summed E-state index contributed by atoms with van der Waals surface area (Å²) in [6.07, 6.45) is 2.98. The third-order valence-corrected chi connectivity index (χ3v) is 4.16. The van der Waals surface area contributed by atoms with Crippen LogP contribution >= 0.6 is 12.2 Å². The van der Waals surface area contributed by atoms with E-state index in [1.165, 1.54) is 6.26 Å². The number of hydrogen-bond acceptors (Lipinski definition) is 4. The smallest absolute Gasteiger partial charge is 0.255 e. The first-order chi connectivity index (χ1) is 8.94. The molecule has 1 aromatic rings. The maximum Gasteiger partial charge on any atom is 0.255 e. The quantitative estimate of drug-likeness (QED) is 0.811. The largest absolute Gasteiger partial charge is 0.469 e. The van der Waals surface area contributed by atoms with E-state index >= 15 is 0 Å². The second-order valence-corrected chi connectivity index (χ2v) is 5.53. The number of likely N-dealkylation sites (tertiary alicyclic amines) is 1. The van der Waals surface area contributed by atoms with E-state index in [9.17, 15) is 4.79 Å². The minimum Gasteiger partial charge on any atom is -0.469 e. The Morgan fingerprint density at radius 1 is 1.53 bits per heavy atom. The molecule has 1 aromatic heterocycles. The van der Waals surface area contributed by atoms with Gasteiger partial charge in [0.15, 0.2) is 0 Å². The second-order valence-electron chi connectivity index (χ2n) is 5.09. The molecule has 104 valence electrons. The van der Waals surface area contributed by atoms with Crippen molar-refractivity contribution in [3.05, 3.63) is 23.7 Å². The Hall–Kier alpha value is -1.40. The van der Waals surface area contributed by atoms with E-state index in [0.717, 1.165) is 25.9 Å². The SMILES string of the molecule is Cc1occc1C(=O)NC1(C(N)=S)CCN(C)CC1. The van der Waals surface area contributed by atoms with Crippen LogP contribution in [0.2, 0.25) is 0 Å². The summed E-state index contributed by atoms with van der Waals surface area (Å²) in [6, 6.07) is 1.66. The van der Waals surface area contributed by atoms with Gasteiger partial charge >= 0.3 is 0 Å². The van der Waals surface area contributed by atoms with Crippen LogP contribution in [0, 0.1) is 6.92 Å². The van der Waals surface area contributed by atoms with Gasteiger partial charge in [-0.25, -0.2) is 0 Å². The van der Waals surface area contributed by atoms with E-state index in [4.69, 9.17) is 22.4 Å². The van der Waals surface area contributed by atoms with Gasteiger partial charge in [0.2, 0.25) is 0 Å². The highest BCUT2D eigenvalue weighted by molar-refractivity contribution is 7.80. The minimum absolute atomic E-state index is 0.177. The van der Waals surface area contributed by atoms with E-state index in [1.807, 2.05) is 7.05 Å². The van der Waals surface area contributed by atoms with Gasteiger partial charge in [0.25, 0.3) is 5.91 Å². The zero-order chi connectivity index (χ0) is 14.0. The molecule has 5 nitrogen and oxygen atoms in total. The summed E-state index contributed by atoms with van der Waals surface area (Å²) in [5, 5.41) is 3.00. The minimum atomic E-state index is -0.581. The van der Waals surface area contributed by atoms with Crippen molar-refractivity contribution in [3.63, 3.8) is 0 Å². The van der Waals surface area contributed by atoms with Crippen LogP contribution in [0.1, 0.15) is 29.0 Å². The molecule has 2 heterocycles. The van der Waals surface area contributed by atoms with Gasteiger partial charge < -0.3 is 20.4 Å². The highest BCUT2D eigenvalue weighted by Gasteiger charge is 2.38. The highest BCUT2D eigenvalue weighted by Crippen LogP contribution is 2.23. The van der Waals surface area contributed by atoms with E-state index < -0.39 is 5.54 Å². The van der Waals surface area contributed by atoms with Gasteiger partial charge in [0.1, 0.15) is 5.76 Å². The maximum absolute atomic E-state index is 12.3. The van der Waals surface area contributed by atoms with Gasteiger partial charge in [-0.05, 0) is 32.9 Å². The van der Waals surface area contributed by atoms with Crippen LogP contribution in [0.15, 0.2) is 16.7 Å². The summed E-state index contributed by atoms with van der Waals surface area (Å²) in [7, 11) is 2.05. The molecule has 6 heteroatoms. The maximum atomic E-state index is 12.3. The number of furan rings is 1. The average molecular weight is 281 g/mol. The highest BCUT2D eigenvalue weighted by atomic mass is 32.1. The molecule has 1 aliphatic rings. The second kappa shape index (κ2) is 5.30. The number of piperidine rings is 1. The molecular formula is C13H19N3O2S. The molecule has 0 bridgehead atoms. The Labute approximate surface area is 118 Å². The van der Waals surface area contributed by atoms with Crippen molar-refractivity contribution in [2.45, 2.75) is 25.3 Å². The van der Waals surface area contributed by atoms with Crippen LogP contribution in [0.5, 0.6) is 0 Å². The molecule has 1 saturated heterocycles. The number of carbonyl (C=O) groups excluding carboxylic acids is 1. The van der Waals surface area contributed by atoms with E-state index in [1.54, 1.807) is 13.0 Å². The Kier molecular flexibility index (Phi) is 3.91. The average Bonchev–Trinajstić information content (AvgIpc) is 2.78. The monoisotopic (exact) mass is 281 g/mol. The van der Waals surface area contributed by atoms with Crippen molar-refractivity contribution in [1.29, 1.82) is 0 Å². The molecule has 0 spiro atoms. The lowest BCUT2D eigenvalue weighted by molar-refractivity contribution is 0.0888. The number of nitrogens with zero attached hydrogens (tertiary/aromatic N) is 1. The summed E-state index contributed by atoms with van der Waals surface area (Å²) in [5.41, 5.74) is 5.82. The summed E-state index contributed by atoms with van der Waals surface area (Å²) in [5.74, 6) is 0.423. The summed E-state index contributed by atoms with van der Waals surface area (Å²) < 4.78 is 5.15. The van der Waals surface area contributed by atoms with Crippen LogP contribution in [0.25, 0.3) is 0 Å². The normalized spacial score (nSPS) is 19.1. The molecule has 3 N–H and O–H groups in total. The molecule has 0 aliphatic carbocycles. The lowest BCUT2D eigenvalue weighted by Gasteiger charge is -2.40. The van der Waals surface area contributed by atoms with Gasteiger partial charge in [0.05, 0.1) is 22.4 Å².